The van der Waals surface area contributed by atoms with E-state index in [1.807, 2.05) is 0 Å². The second kappa shape index (κ2) is 6.47. The van der Waals surface area contributed by atoms with E-state index in [0.29, 0.717) is 0 Å². The van der Waals surface area contributed by atoms with Crippen LogP contribution in [0, 0.1) is 5.92 Å². The first-order chi connectivity index (χ1) is 5.71. The van der Waals surface area contributed by atoms with Gasteiger partial charge in [-0.3, -0.25) is 0 Å². The number of rotatable bonds is 6. The Morgan fingerprint density at radius 3 is 1.58 bits per heavy atom. The molecule has 0 aliphatic heterocycles. The van der Waals surface area contributed by atoms with Gasteiger partial charge in [-0.2, -0.15) is 0 Å². The fourth-order valence-corrected chi connectivity index (χ4v) is 2.07. The maximum atomic E-state index is 2.55. The SMILES string of the molecule is CCC(CC)C(C)N(CC)CC. The molecule has 1 heteroatoms. The van der Waals surface area contributed by atoms with Crippen molar-refractivity contribution in [3.63, 3.8) is 0 Å². The van der Waals surface area contributed by atoms with E-state index in [-0.39, 0.29) is 0 Å². The molecule has 0 bridgehead atoms. The number of nitrogens with zero attached hydrogens (tertiary/aromatic N) is 1. The van der Waals surface area contributed by atoms with Crippen molar-refractivity contribution >= 4 is 0 Å². The smallest absolute Gasteiger partial charge is 0.00947 e. The first kappa shape index (κ1) is 12.0. The highest BCUT2D eigenvalue weighted by Crippen LogP contribution is 2.17. The van der Waals surface area contributed by atoms with Gasteiger partial charge < -0.3 is 4.90 Å². The third-order valence-electron chi connectivity index (χ3n) is 3.12. The molecule has 0 fully saturated rings. The van der Waals surface area contributed by atoms with Crippen LogP contribution in [0.25, 0.3) is 0 Å². The molecule has 74 valence electrons. The highest BCUT2D eigenvalue weighted by atomic mass is 15.1. The van der Waals surface area contributed by atoms with Crippen molar-refractivity contribution in [2.75, 3.05) is 13.1 Å². The minimum absolute atomic E-state index is 0.759. The average molecular weight is 171 g/mol. The zero-order valence-electron chi connectivity index (χ0n) is 9.43. The maximum Gasteiger partial charge on any atom is 0.00947 e. The fourth-order valence-electron chi connectivity index (χ4n) is 2.07. The van der Waals surface area contributed by atoms with Crippen LogP contribution >= 0.6 is 0 Å². The number of hydrogen-bond donors (Lipinski definition) is 0. The summed E-state index contributed by atoms with van der Waals surface area (Å²) in [5.74, 6) is 0.880. The van der Waals surface area contributed by atoms with Crippen LogP contribution in [0.5, 0.6) is 0 Å². The Hall–Kier alpha value is -0.0400. The van der Waals surface area contributed by atoms with Crippen molar-refractivity contribution in [1.82, 2.24) is 4.90 Å². The second-order valence-electron chi connectivity index (χ2n) is 3.54. The summed E-state index contributed by atoms with van der Waals surface area (Å²) in [5.41, 5.74) is 0. The summed E-state index contributed by atoms with van der Waals surface area (Å²) in [6.45, 7) is 13.8. The van der Waals surface area contributed by atoms with Crippen molar-refractivity contribution in [2.45, 2.75) is 53.5 Å². The molecule has 0 radical (unpaired) electrons. The van der Waals surface area contributed by atoms with Gasteiger partial charge in [0.25, 0.3) is 0 Å². The Labute approximate surface area is 78.1 Å². The molecule has 0 saturated heterocycles. The summed E-state index contributed by atoms with van der Waals surface area (Å²) < 4.78 is 0. The van der Waals surface area contributed by atoms with Gasteiger partial charge >= 0.3 is 0 Å². The lowest BCUT2D eigenvalue weighted by molar-refractivity contribution is 0.163. The molecule has 12 heavy (non-hydrogen) atoms. The maximum absolute atomic E-state index is 2.55. The van der Waals surface area contributed by atoms with Crippen LogP contribution in [0.15, 0.2) is 0 Å². The van der Waals surface area contributed by atoms with Gasteiger partial charge in [0.1, 0.15) is 0 Å². The first-order valence-corrected chi connectivity index (χ1v) is 5.45. The van der Waals surface area contributed by atoms with Gasteiger partial charge in [0.05, 0.1) is 0 Å². The first-order valence-electron chi connectivity index (χ1n) is 5.45. The zero-order chi connectivity index (χ0) is 9.56. The van der Waals surface area contributed by atoms with E-state index < -0.39 is 0 Å². The molecule has 0 rings (SSSR count). The van der Waals surface area contributed by atoms with Gasteiger partial charge in [0.15, 0.2) is 0 Å². The molecular formula is C11H25N. The van der Waals surface area contributed by atoms with E-state index in [9.17, 15) is 0 Å². The summed E-state index contributed by atoms with van der Waals surface area (Å²) in [7, 11) is 0. The minimum atomic E-state index is 0.759. The third-order valence-corrected chi connectivity index (χ3v) is 3.12. The molecule has 0 N–H and O–H groups in total. The molecule has 0 amide bonds. The van der Waals surface area contributed by atoms with Crippen molar-refractivity contribution in [3.8, 4) is 0 Å². The predicted molar refractivity (Wildman–Crippen MR) is 56.5 cm³/mol. The van der Waals surface area contributed by atoms with Gasteiger partial charge in [0, 0.05) is 6.04 Å². The summed E-state index contributed by atoms with van der Waals surface area (Å²) in [6.07, 6.45) is 2.63. The molecule has 0 aliphatic rings. The lowest BCUT2D eigenvalue weighted by atomic mass is 9.94. The van der Waals surface area contributed by atoms with Crippen molar-refractivity contribution in [3.05, 3.63) is 0 Å². The predicted octanol–water partition coefficient (Wildman–Crippen LogP) is 3.15. The quantitative estimate of drug-likeness (QED) is 0.593. The van der Waals surface area contributed by atoms with Crippen LogP contribution in [-0.4, -0.2) is 24.0 Å². The molecule has 0 spiro atoms. The van der Waals surface area contributed by atoms with Crippen LogP contribution in [0.1, 0.15) is 47.5 Å². The van der Waals surface area contributed by atoms with E-state index in [4.69, 9.17) is 0 Å². The lowest BCUT2D eigenvalue weighted by Crippen LogP contribution is -2.37. The largest absolute Gasteiger partial charge is 0.301 e. The van der Waals surface area contributed by atoms with Crippen molar-refractivity contribution in [2.24, 2.45) is 5.92 Å². The zero-order valence-corrected chi connectivity index (χ0v) is 9.43. The van der Waals surface area contributed by atoms with E-state index in [1.165, 1.54) is 25.9 Å². The van der Waals surface area contributed by atoms with E-state index in [0.717, 1.165) is 12.0 Å². The summed E-state index contributed by atoms with van der Waals surface area (Å²) in [5, 5.41) is 0. The summed E-state index contributed by atoms with van der Waals surface area (Å²) in [6, 6.07) is 0.759. The molecule has 0 aromatic rings. The topological polar surface area (TPSA) is 3.24 Å². The fraction of sp³-hybridized carbons (Fsp3) is 1.00. The van der Waals surface area contributed by atoms with Gasteiger partial charge in [0.2, 0.25) is 0 Å². The Kier molecular flexibility index (Phi) is 6.45. The molecule has 0 saturated carbocycles. The Morgan fingerprint density at radius 1 is 0.917 bits per heavy atom. The summed E-state index contributed by atoms with van der Waals surface area (Å²) >= 11 is 0. The Bertz CT molecular complexity index is 81.2. The molecule has 1 nitrogen and oxygen atoms in total. The number of hydrogen-bond acceptors (Lipinski definition) is 1. The monoisotopic (exact) mass is 171 g/mol. The molecule has 0 aliphatic carbocycles. The lowest BCUT2D eigenvalue weighted by Gasteiger charge is -2.32. The molecule has 1 unspecified atom stereocenters. The second-order valence-corrected chi connectivity index (χ2v) is 3.54. The average Bonchev–Trinajstić information content (AvgIpc) is 2.09. The third kappa shape index (κ3) is 3.14. The van der Waals surface area contributed by atoms with Crippen molar-refractivity contribution < 1.29 is 0 Å². The normalized spacial score (nSPS) is 14.2. The van der Waals surface area contributed by atoms with E-state index >= 15 is 0 Å². The molecule has 1 atom stereocenters. The molecule has 0 heterocycles. The summed E-state index contributed by atoms with van der Waals surface area (Å²) in [4.78, 5) is 2.55. The van der Waals surface area contributed by atoms with Crippen LogP contribution in [0.4, 0.5) is 0 Å². The van der Waals surface area contributed by atoms with Gasteiger partial charge in [-0.25, -0.2) is 0 Å². The Balaban J connectivity index is 4.02. The van der Waals surface area contributed by atoms with E-state index in [1.54, 1.807) is 0 Å². The van der Waals surface area contributed by atoms with Gasteiger partial charge in [-0.05, 0) is 25.9 Å². The highest BCUT2D eigenvalue weighted by Gasteiger charge is 2.17. The molecular weight excluding hydrogens is 146 g/mol. The van der Waals surface area contributed by atoms with Crippen LogP contribution in [-0.2, 0) is 0 Å². The van der Waals surface area contributed by atoms with E-state index in [2.05, 4.69) is 39.5 Å². The Morgan fingerprint density at radius 2 is 1.33 bits per heavy atom. The van der Waals surface area contributed by atoms with Crippen LogP contribution in [0.2, 0.25) is 0 Å². The highest BCUT2D eigenvalue weighted by molar-refractivity contribution is 4.72. The van der Waals surface area contributed by atoms with Crippen LogP contribution in [0.3, 0.4) is 0 Å². The molecule has 0 aromatic heterocycles. The van der Waals surface area contributed by atoms with Gasteiger partial charge in [-0.1, -0.05) is 40.5 Å². The molecule has 0 aromatic carbocycles. The van der Waals surface area contributed by atoms with Crippen molar-refractivity contribution in [1.29, 1.82) is 0 Å². The van der Waals surface area contributed by atoms with Crippen LogP contribution < -0.4 is 0 Å². The minimum Gasteiger partial charge on any atom is -0.301 e. The van der Waals surface area contributed by atoms with Gasteiger partial charge in [-0.15, -0.1) is 0 Å². The standard InChI is InChI=1S/C11H25N/c1-6-11(7-2)10(5)12(8-3)9-4/h10-11H,6-9H2,1-5H3.